The van der Waals surface area contributed by atoms with E-state index in [2.05, 4.69) is 17.9 Å². The number of halogens is 3. The normalized spacial score (nSPS) is 29.2. The summed E-state index contributed by atoms with van der Waals surface area (Å²) in [6.45, 7) is 1.96. The highest BCUT2D eigenvalue weighted by Crippen LogP contribution is 2.46. The van der Waals surface area contributed by atoms with Crippen LogP contribution in [0.25, 0.3) is 0 Å². The van der Waals surface area contributed by atoms with Crippen LogP contribution in [0.3, 0.4) is 0 Å². The largest absolute Gasteiger partial charge is 0.490 e. The Hall–Kier alpha value is -0.960. The molecule has 0 aromatic carbocycles. The number of alkyl halides is 3. The van der Waals surface area contributed by atoms with Gasteiger partial charge in [-0.2, -0.15) is 25.8 Å². The van der Waals surface area contributed by atoms with E-state index in [-0.39, 0.29) is 5.25 Å². The van der Waals surface area contributed by atoms with Crippen molar-refractivity contribution in [2.45, 2.75) is 37.1 Å². The van der Waals surface area contributed by atoms with Gasteiger partial charge in [0.05, 0.1) is 5.41 Å². The van der Waals surface area contributed by atoms with Crippen molar-refractivity contribution < 1.29 is 33.0 Å². The van der Waals surface area contributed by atoms with Crippen LogP contribution in [-0.2, 0) is 9.59 Å². The van der Waals surface area contributed by atoms with E-state index >= 15 is 0 Å². The number of hydrogen-bond donors (Lipinski definition) is 4. The van der Waals surface area contributed by atoms with E-state index in [9.17, 15) is 23.1 Å². The summed E-state index contributed by atoms with van der Waals surface area (Å²) in [5.74, 6) is -2.84. The molecule has 1 aliphatic heterocycles. The molecule has 122 valence electrons. The van der Waals surface area contributed by atoms with Crippen molar-refractivity contribution in [3.05, 3.63) is 0 Å². The highest BCUT2D eigenvalue weighted by molar-refractivity contribution is 7.81. The van der Waals surface area contributed by atoms with Crippen molar-refractivity contribution in [1.29, 1.82) is 0 Å². The average Bonchev–Trinajstić information content (AvgIpc) is 2.66. The van der Waals surface area contributed by atoms with Crippen molar-refractivity contribution in [3.8, 4) is 0 Å². The Balaban J connectivity index is 0.000000270. The quantitative estimate of drug-likeness (QED) is 0.593. The number of carboxylic acids is 2. The molecule has 0 bridgehead atoms. The molecule has 2 unspecified atom stereocenters. The highest BCUT2D eigenvalue weighted by Gasteiger charge is 2.49. The van der Waals surface area contributed by atoms with Gasteiger partial charge < -0.3 is 15.5 Å². The summed E-state index contributed by atoms with van der Waals surface area (Å²) in [5, 5.41) is 19.7. The number of carboxylic acid groups (broad SMARTS) is 2. The van der Waals surface area contributed by atoms with Gasteiger partial charge in [0.1, 0.15) is 0 Å². The third kappa shape index (κ3) is 4.50. The third-order valence-electron chi connectivity index (χ3n) is 3.93. The second-order valence-corrected chi connectivity index (χ2v) is 6.02. The van der Waals surface area contributed by atoms with Crippen molar-refractivity contribution in [1.82, 2.24) is 5.32 Å². The molecule has 1 saturated heterocycles. The fraction of sp³-hybridized carbons (Fsp3) is 0.833. The minimum absolute atomic E-state index is 0.0561. The van der Waals surface area contributed by atoms with Gasteiger partial charge in [0.2, 0.25) is 0 Å². The Labute approximate surface area is 125 Å². The summed E-state index contributed by atoms with van der Waals surface area (Å²) < 4.78 is 31.7. The minimum Gasteiger partial charge on any atom is -0.481 e. The average molecular weight is 329 g/mol. The summed E-state index contributed by atoms with van der Waals surface area (Å²) in [6.07, 6.45) is -1.49. The molecule has 0 aromatic rings. The van der Waals surface area contributed by atoms with Gasteiger partial charge in [0.15, 0.2) is 0 Å². The van der Waals surface area contributed by atoms with Crippen molar-refractivity contribution in [3.63, 3.8) is 0 Å². The lowest BCUT2D eigenvalue weighted by atomic mass is 9.75. The van der Waals surface area contributed by atoms with Crippen molar-refractivity contribution >= 4 is 24.6 Å². The lowest BCUT2D eigenvalue weighted by Crippen LogP contribution is -2.48. The maximum absolute atomic E-state index is 11.3. The van der Waals surface area contributed by atoms with Crippen LogP contribution in [0, 0.1) is 11.3 Å². The number of rotatable bonds is 3. The van der Waals surface area contributed by atoms with Crippen LogP contribution in [0.2, 0.25) is 0 Å². The summed E-state index contributed by atoms with van der Waals surface area (Å²) in [7, 11) is 0. The van der Waals surface area contributed by atoms with Crippen LogP contribution in [-0.4, -0.2) is 46.7 Å². The Kier molecular flexibility index (Phi) is 5.92. The molecule has 2 fully saturated rings. The maximum atomic E-state index is 11.3. The van der Waals surface area contributed by atoms with Gasteiger partial charge in [-0.1, -0.05) is 6.42 Å². The van der Waals surface area contributed by atoms with E-state index in [1.807, 2.05) is 0 Å². The van der Waals surface area contributed by atoms with E-state index in [4.69, 9.17) is 9.90 Å². The summed E-state index contributed by atoms with van der Waals surface area (Å²) in [5.41, 5.74) is -0.532. The molecule has 1 heterocycles. The number of carbonyl (C=O) groups is 2. The van der Waals surface area contributed by atoms with Crippen LogP contribution < -0.4 is 5.32 Å². The molecule has 2 atom stereocenters. The zero-order valence-electron chi connectivity index (χ0n) is 11.2. The van der Waals surface area contributed by atoms with Gasteiger partial charge in [0.25, 0.3) is 0 Å². The van der Waals surface area contributed by atoms with E-state index in [0.29, 0.717) is 5.92 Å². The summed E-state index contributed by atoms with van der Waals surface area (Å²) in [4.78, 5) is 20.2. The van der Waals surface area contributed by atoms with Gasteiger partial charge in [-0.3, -0.25) is 4.79 Å². The first-order chi connectivity index (χ1) is 9.59. The fourth-order valence-electron chi connectivity index (χ4n) is 2.64. The third-order valence-corrected chi connectivity index (χ3v) is 4.68. The number of aliphatic carboxylic acids is 2. The summed E-state index contributed by atoms with van der Waals surface area (Å²) >= 11 is 4.45. The van der Waals surface area contributed by atoms with Crippen LogP contribution in [0.15, 0.2) is 0 Å². The molecule has 2 aliphatic rings. The Morgan fingerprint density at radius 3 is 2.05 bits per heavy atom. The first-order valence-electron chi connectivity index (χ1n) is 6.52. The molecular weight excluding hydrogens is 311 g/mol. The van der Waals surface area contributed by atoms with E-state index in [1.54, 1.807) is 0 Å². The maximum Gasteiger partial charge on any atom is 0.490 e. The van der Waals surface area contributed by atoms with Gasteiger partial charge >= 0.3 is 18.1 Å². The second-order valence-electron chi connectivity index (χ2n) is 5.40. The molecule has 0 aromatic heterocycles. The second kappa shape index (κ2) is 6.87. The summed E-state index contributed by atoms with van der Waals surface area (Å²) in [6, 6.07) is 0. The van der Waals surface area contributed by atoms with E-state index < -0.39 is 23.5 Å². The lowest BCUT2D eigenvalue weighted by molar-refractivity contribution is -0.192. The van der Waals surface area contributed by atoms with Gasteiger partial charge in [0, 0.05) is 5.25 Å². The molecular formula is C12H18F3NO4S. The van der Waals surface area contributed by atoms with Gasteiger partial charge in [-0.15, -0.1) is 0 Å². The van der Waals surface area contributed by atoms with Crippen LogP contribution >= 0.6 is 12.6 Å². The first kappa shape index (κ1) is 18.1. The molecule has 0 radical (unpaired) electrons. The standard InChI is InChI=1S/C10H17NO2S.C2HF3O2/c12-9(13)10(3-1-2-8(10)14)4-7-5-11-6-7;3-2(4,5)1(6)7/h7-8,11,14H,1-6H2,(H,12,13);(H,6,7). The zero-order chi connectivity index (χ0) is 16.3. The molecule has 0 amide bonds. The predicted octanol–water partition coefficient (Wildman–Crippen LogP) is 1.78. The van der Waals surface area contributed by atoms with Gasteiger partial charge in [-0.25, -0.2) is 4.79 Å². The molecule has 0 spiro atoms. The molecule has 2 rings (SSSR count). The molecule has 5 nitrogen and oxygen atoms in total. The van der Waals surface area contributed by atoms with Crippen molar-refractivity contribution in [2.75, 3.05) is 13.1 Å². The Bertz CT molecular complexity index is 400. The van der Waals surface area contributed by atoms with E-state index in [0.717, 1.165) is 38.8 Å². The fourth-order valence-corrected chi connectivity index (χ4v) is 3.16. The number of thiol groups is 1. The topological polar surface area (TPSA) is 86.6 Å². The molecule has 9 heteroatoms. The lowest BCUT2D eigenvalue weighted by Gasteiger charge is -2.36. The van der Waals surface area contributed by atoms with Crippen LogP contribution in [0.4, 0.5) is 13.2 Å². The Morgan fingerprint density at radius 2 is 1.81 bits per heavy atom. The number of nitrogens with one attached hydrogen (secondary N) is 1. The zero-order valence-corrected chi connectivity index (χ0v) is 12.1. The minimum atomic E-state index is -5.08. The number of hydrogen-bond acceptors (Lipinski definition) is 4. The first-order valence-corrected chi connectivity index (χ1v) is 7.03. The smallest absolute Gasteiger partial charge is 0.481 e. The van der Waals surface area contributed by atoms with E-state index in [1.165, 1.54) is 0 Å². The van der Waals surface area contributed by atoms with Crippen LogP contribution in [0.1, 0.15) is 25.7 Å². The Morgan fingerprint density at radius 1 is 1.29 bits per heavy atom. The SMILES string of the molecule is O=C(O)C(F)(F)F.O=C(O)C1(CC2CNC2)CCCC1S. The highest BCUT2D eigenvalue weighted by atomic mass is 32.1. The molecule has 3 N–H and O–H groups in total. The molecule has 21 heavy (non-hydrogen) atoms. The van der Waals surface area contributed by atoms with Gasteiger partial charge in [-0.05, 0) is 38.3 Å². The van der Waals surface area contributed by atoms with Crippen LogP contribution in [0.5, 0.6) is 0 Å². The predicted molar refractivity (Wildman–Crippen MR) is 71.4 cm³/mol. The van der Waals surface area contributed by atoms with Crippen molar-refractivity contribution in [2.24, 2.45) is 11.3 Å². The monoisotopic (exact) mass is 329 g/mol. The molecule has 1 saturated carbocycles. The molecule has 1 aliphatic carbocycles.